The number of nitrogens with one attached hydrogen (secondary N) is 1. The Hall–Kier alpha value is -1.68. The number of hydrogen-bond acceptors (Lipinski definition) is 3. The molecular weight excluding hydrogens is 232 g/mol. The minimum atomic E-state index is 0.632. The second-order valence-corrected chi connectivity index (χ2v) is 4.12. The van der Waals surface area contributed by atoms with E-state index in [1.165, 1.54) is 0 Å². The van der Waals surface area contributed by atoms with Crippen molar-refractivity contribution in [3.63, 3.8) is 0 Å². The van der Waals surface area contributed by atoms with Gasteiger partial charge in [-0.1, -0.05) is 31.3 Å². The Morgan fingerprint density at radius 1 is 1.29 bits per heavy atom. The van der Waals surface area contributed by atoms with Crippen LogP contribution in [0.3, 0.4) is 0 Å². The fourth-order valence-corrected chi connectivity index (χ4v) is 1.58. The summed E-state index contributed by atoms with van der Waals surface area (Å²) in [7, 11) is 0. The summed E-state index contributed by atoms with van der Waals surface area (Å²) in [6.07, 6.45) is 1.00. The molecule has 2 aromatic rings. The molecule has 2 rings (SSSR count). The van der Waals surface area contributed by atoms with Gasteiger partial charge in [-0.15, -0.1) is 0 Å². The maximum atomic E-state index is 5.58. The molecule has 0 aliphatic heterocycles. The normalized spacial score (nSPS) is 10.2. The van der Waals surface area contributed by atoms with Crippen molar-refractivity contribution in [1.29, 1.82) is 0 Å². The summed E-state index contributed by atoms with van der Waals surface area (Å²) in [5.74, 6) is 0.869. The highest BCUT2D eigenvalue weighted by Crippen LogP contribution is 2.21. The van der Waals surface area contributed by atoms with Gasteiger partial charge in [-0.2, -0.15) is 5.10 Å². The van der Waals surface area contributed by atoms with E-state index in [2.05, 4.69) is 17.1 Å². The lowest BCUT2D eigenvalue weighted by Crippen LogP contribution is -1.95. The SMILES string of the molecule is CCCOc1cccc(-c2ccc(=S)[nH]n2)c1. The lowest BCUT2D eigenvalue weighted by molar-refractivity contribution is 0.317. The first kappa shape index (κ1) is 11.8. The van der Waals surface area contributed by atoms with E-state index in [0.717, 1.165) is 30.0 Å². The van der Waals surface area contributed by atoms with Gasteiger partial charge in [0.05, 0.1) is 12.3 Å². The molecule has 0 aliphatic rings. The van der Waals surface area contributed by atoms with Crippen molar-refractivity contribution in [2.45, 2.75) is 13.3 Å². The van der Waals surface area contributed by atoms with E-state index in [1.807, 2.05) is 36.4 Å². The fraction of sp³-hybridized carbons (Fsp3) is 0.231. The van der Waals surface area contributed by atoms with Gasteiger partial charge < -0.3 is 4.74 Å². The molecule has 88 valence electrons. The highest BCUT2D eigenvalue weighted by Gasteiger charge is 2.00. The zero-order chi connectivity index (χ0) is 12.1. The van der Waals surface area contributed by atoms with E-state index in [1.54, 1.807) is 0 Å². The summed E-state index contributed by atoms with van der Waals surface area (Å²) in [4.78, 5) is 0. The summed E-state index contributed by atoms with van der Waals surface area (Å²) in [6.45, 7) is 2.82. The standard InChI is InChI=1S/C13H14N2OS/c1-2-8-16-11-5-3-4-10(9-11)12-6-7-13(17)15-14-12/h3-7,9H,2,8H2,1H3,(H,15,17). The molecule has 4 heteroatoms. The van der Waals surface area contributed by atoms with Crippen molar-refractivity contribution in [2.24, 2.45) is 0 Å². The molecule has 0 unspecified atom stereocenters. The van der Waals surface area contributed by atoms with Crippen LogP contribution >= 0.6 is 12.2 Å². The summed E-state index contributed by atoms with van der Waals surface area (Å²) in [6, 6.07) is 11.6. The Morgan fingerprint density at radius 3 is 2.88 bits per heavy atom. The molecule has 1 aromatic carbocycles. The number of hydrogen-bond donors (Lipinski definition) is 1. The second-order valence-electron chi connectivity index (χ2n) is 3.68. The number of ether oxygens (including phenoxy) is 1. The number of H-pyrrole nitrogens is 1. The van der Waals surface area contributed by atoms with Gasteiger partial charge >= 0.3 is 0 Å². The molecule has 0 fully saturated rings. The first-order chi connectivity index (χ1) is 8.29. The molecule has 0 spiro atoms. The van der Waals surface area contributed by atoms with Gasteiger partial charge in [0.15, 0.2) is 0 Å². The zero-order valence-corrected chi connectivity index (χ0v) is 10.5. The molecule has 0 saturated carbocycles. The van der Waals surface area contributed by atoms with Crippen LogP contribution < -0.4 is 4.74 Å². The van der Waals surface area contributed by atoms with Crippen LogP contribution in [0.5, 0.6) is 5.75 Å². The van der Waals surface area contributed by atoms with E-state index in [9.17, 15) is 0 Å². The Bertz CT molecular complexity index is 531. The molecule has 3 nitrogen and oxygen atoms in total. The minimum absolute atomic E-state index is 0.632. The van der Waals surface area contributed by atoms with Gasteiger partial charge in [0, 0.05) is 5.56 Å². The van der Waals surface area contributed by atoms with Gasteiger partial charge in [0.1, 0.15) is 10.4 Å². The van der Waals surface area contributed by atoms with Crippen LogP contribution in [-0.4, -0.2) is 16.8 Å². The lowest BCUT2D eigenvalue weighted by Gasteiger charge is -2.06. The van der Waals surface area contributed by atoms with Gasteiger partial charge in [-0.3, -0.25) is 5.10 Å². The number of rotatable bonds is 4. The van der Waals surface area contributed by atoms with Gasteiger partial charge in [0.2, 0.25) is 0 Å². The molecular formula is C13H14N2OS. The summed E-state index contributed by atoms with van der Waals surface area (Å²) >= 11 is 4.96. The first-order valence-corrected chi connectivity index (χ1v) is 5.99. The lowest BCUT2D eigenvalue weighted by atomic mass is 10.1. The number of nitrogens with zero attached hydrogens (tertiary/aromatic N) is 1. The number of benzene rings is 1. The minimum Gasteiger partial charge on any atom is -0.494 e. The summed E-state index contributed by atoms with van der Waals surface area (Å²) < 4.78 is 6.21. The molecule has 0 aliphatic carbocycles. The monoisotopic (exact) mass is 246 g/mol. The van der Waals surface area contributed by atoms with Gasteiger partial charge in [-0.05, 0) is 30.7 Å². The topological polar surface area (TPSA) is 37.9 Å². The Morgan fingerprint density at radius 2 is 2.18 bits per heavy atom. The Kier molecular flexibility index (Phi) is 3.88. The highest BCUT2D eigenvalue weighted by atomic mass is 32.1. The van der Waals surface area contributed by atoms with Crippen LogP contribution in [0, 0.1) is 4.64 Å². The van der Waals surface area contributed by atoms with Crippen molar-refractivity contribution in [3.05, 3.63) is 41.0 Å². The molecule has 1 aromatic heterocycles. The van der Waals surface area contributed by atoms with Crippen LogP contribution in [0.4, 0.5) is 0 Å². The average molecular weight is 246 g/mol. The van der Waals surface area contributed by atoms with E-state index in [0.29, 0.717) is 4.64 Å². The third-order valence-corrected chi connectivity index (χ3v) is 2.51. The van der Waals surface area contributed by atoms with Gasteiger partial charge in [0.25, 0.3) is 0 Å². The molecule has 0 radical (unpaired) electrons. The number of aromatic nitrogens is 2. The zero-order valence-electron chi connectivity index (χ0n) is 9.64. The molecule has 0 amide bonds. The molecule has 0 saturated heterocycles. The van der Waals surface area contributed by atoms with E-state index < -0.39 is 0 Å². The molecule has 1 N–H and O–H groups in total. The van der Waals surface area contributed by atoms with Crippen molar-refractivity contribution in [2.75, 3.05) is 6.61 Å². The third-order valence-electron chi connectivity index (χ3n) is 2.28. The summed E-state index contributed by atoms with van der Waals surface area (Å²) in [5.41, 5.74) is 1.88. The smallest absolute Gasteiger partial charge is 0.119 e. The van der Waals surface area contributed by atoms with Crippen LogP contribution in [-0.2, 0) is 0 Å². The molecule has 17 heavy (non-hydrogen) atoms. The predicted octanol–water partition coefficient (Wildman–Crippen LogP) is 3.59. The van der Waals surface area contributed by atoms with Crippen molar-refractivity contribution < 1.29 is 4.74 Å². The van der Waals surface area contributed by atoms with Gasteiger partial charge in [-0.25, -0.2) is 0 Å². The highest BCUT2D eigenvalue weighted by molar-refractivity contribution is 7.71. The maximum Gasteiger partial charge on any atom is 0.119 e. The van der Waals surface area contributed by atoms with Crippen molar-refractivity contribution in [1.82, 2.24) is 10.2 Å². The van der Waals surface area contributed by atoms with E-state index in [4.69, 9.17) is 17.0 Å². The van der Waals surface area contributed by atoms with E-state index in [-0.39, 0.29) is 0 Å². The maximum absolute atomic E-state index is 5.58. The molecule has 1 heterocycles. The predicted molar refractivity (Wildman–Crippen MR) is 70.6 cm³/mol. The first-order valence-electron chi connectivity index (χ1n) is 5.58. The van der Waals surface area contributed by atoms with Crippen LogP contribution in [0.1, 0.15) is 13.3 Å². The third kappa shape index (κ3) is 3.14. The van der Waals surface area contributed by atoms with E-state index >= 15 is 0 Å². The molecule has 0 bridgehead atoms. The summed E-state index contributed by atoms with van der Waals surface area (Å²) in [5, 5.41) is 6.97. The van der Waals surface area contributed by atoms with Crippen molar-refractivity contribution >= 4 is 12.2 Å². The van der Waals surface area contributed by atoms with Crippen LogP contribution in [0.15, 0.2) is 36.4 Å². The van der Waals surface area contributed by atoms with Crippen molar-refractivity contribution in [3.8, 4) is 17.0 Å². The van der Waals surface area contributed by atoms with Crippen LogP contribution in [0.25, 0.3) is 11.3 Å². The fourth-order valence-electron chi connectivity index (χ4n) is 1.47. The average Bonchev–Trinajstić information content (AvgIpc) is 2.37. The molecule has 0 atom stereocenters. The second kappa shape index (κ2) is 5.59. The quantitative estimate of drug-likeness (QED) is 0.838. The number of aromatic amines is 1. The Labute approximate surface area is 105 Å². The van der Waals surface area contributed by atoms with Crippen LogP contribution in [0.2, 0.25) is 0 Å². The Balaban J connectivity index is 2.26. The largest absolute Gasteiger partial charge is 0.494 e.